The zero-order valence-corrected chi connectivity index (χ0v) is 12.9. The van der Waals surface area contributed by atoms with Crippen LogP contribution >= 0.6 is 0 Å². The van der Waals surface area contributed by atoms with E-state index in [9.17, 15) is 4.79 Å². The van der Waals surface area contributed by atoms with Crippen molar-refractivity contribution in [3.05, 3.63) is 42.0 Å². The molecule has 112 valence electrons. The quantitative estimate of drug-likeness (QED) is 0.938. The molecule has 0 fully saturated rings. The molecule has 0 aromatic carbocycles. The second-order valence-corrected chi connectivity index (χ2v) is 5.26. The number of hydrogen-bond acceptors (Lipinski definition) is 3. The summed E-state index contributed by atoms with van der Waals surface area (Å²) in [5, 5.41) is 6.85. The molecule has 0 radical (unpaired) electrons. The summed E-state index contributed by atoms with van der Waals surface area (Å²) in [6.45, 7) is 4.04. The molecule has 6 nitrogen and oxygen atoms in total. The third-order valence-electron chi connectivity index (χ3n) is 3.54. The standard InChI is InChI=1S/C15H21N5O/c1-11-6-5-7-16-14(11)8-12(2)20(4)15(21)18-13-9-17-19(3)10-13/h5-7,9-10,12H,8H2,1-4H3,(H,18,21)/t12-/m0/s1. The molecular formula is C15H21N5O. The van der Waals surface area contributed by atoms with Crippen LogP contribution in [0.1, 0.15) is 18.2 Å². The van der Waals surface area contributed by atoms with Crippen molar-refractivity contribution in [1.82, 2.24) is 19.7 Å². The largest absolute Gasteiger partial charge is 0.324 e. The van der Waals surface area contributed by atoms with Crippen LogP contribution in [0.25, 0.3) is 0 Å². The minimum absolute atomic E-state index is 0.0512. The molecule has 21 heavy (non-hydrogen) atoms. The van der Waals surface area contributed by atoms with Crippen LogP contribution in [-0.2, 0) is 13.5 Å². The first kappa shape index (κ1) is 15.0. The van der Waals surface area contributed by atoms with Gasteiger partial charge in [-0.05, 0) is 25.5 Å². The van der Waals surface area contributed by atoms with E-state index < -0.39 is 0 Å². The molecule has 0 saturated carbocycles. The SMILES string of the molecule is Cc1cccnc1C[C@H](C)N(C)C(=O)Nc1cnn(C)c1. The first-order chi connectivity index (χ1) is 9.97. The van der Waals surface area contributed by atoms with Crippen molar-refractivity contribution in [3.8, 4) is 0 Å². The lowest BCUT2D eigenvalue weighted by Gasteiger charge is -2.25. The van der Waals surface area contributed by atoms with Crippen molar-refractivity contribution >= 4 is 11.7 Å². The first-order valence-corrected chi connectivity index (χ1v) is 6.90. The minimum Gasteiger partial charge on any atom is -0.324 e. The Kier molecular flexibility index (Phi) is 4.57. The number of aryl methyl sites for hydroxylation is 2. The fourth-order valence-corrected chi connectivity index (χ4v) is 2.05. The van der Waals surface area contributed by atoms with Crippen LogP contribution in [0.3, 0.4) is 0 Å². The van der Waals surface area contributed by atoms with Crippen LogP contribution in [0.15, 0.2) is 30.7 Å². The van der Waals surface area contributed by atoms with Crippen molar-refractivity contribution in [2.45, 2.75) is 26.3 Å². The zero-order valence-electron chi connectivity index (χ0n) is 12.9. The summed E-state index contributed by atoms with van der Waals surface area (Å²) in [5.74, 6) is 0. The first-order valence-electron chi connectivity index (χ1n) is 6.90. The van der Waals surface area contributed by atoms with Gasteiger partial charge in [-0.2, -0.15) is 5.10 Å². The Bertz CT molecular complexity index is 622. The molecule has 0 aliphatic rings. The van der Waals surface area contributed by atoms with Crippen molar-refractivity contribution < 1.29 is 4.79 Å². The maximum Gasteiger partial charge on any atom is 0.321 e. The number of nitrogens with one attached hydrogen (secondary N) is 1. The number of aromatic nitrogens is 3. The molecular weight excluding hydrogens is 266 g/mol. The molecule has 2 amide bonds. The monoisotopic (exact) mass is 287 g/mol. The highest BCUT2D eigenvalue weighted by Crippen LogP contribution is 2.11. The second kappa shape index (κ2) is 6.39. The lowest BCUT2D eigenvalue weighted by atomic mass is 10.1. The lowest BCUT2D eigenvalue weighted by Crippen LogP contribution is -2.39. The van der Waals surface area contributed by atoms with Gasteiger partial charge in [0.1, 0.15) is 0 Å². The topological polar surface area (TPSA) is 63.1 Å². The number of urea groups is 1. The molecule has 0 spiro atoms. The van der Waals surface area contributed by atoms with E-state index in [-0.39, 0.29) is 12.1 Å². The van der Waals surface area contributed by atoms with E-state index >= 15 is 0 Å². The molecule has 2 aromatic heterocycles. The van der Waals surface area contributed by atoms with Gasteiger partial charge >= 0.3 is 6.03 Å². The molecule has 1 N–H and O–H groups in total. The predicted molar refractivity (Wildman–Crippen MR) is 82.1 cm³/mol. The Labute approximate surface area is 124 Å². The Morgan fingerprint density at radius 2 is 2.29 bits per heavy atom. The summed E-state index contributed by atoms with van der Waals surface area (Å²) in [6.07, 6.45) is 5.90. The molecule has 6 heteroatoms. The van der Waals surface area contributed by atoms with Gasteiger partial charge in [0, 0.05) is 44.6 Å². The molecule has 0 aliphatic carbocycles. The van der Waals surface area contributed by atoms with Gasteiger partial charge in [-0.25, -0.2) is 4.79 Å². The van der Waals surface area contributed by atoms with Gasteiger partial charge in [-0.3, -0.25) is 9.67 Å². The highest BCUT2D eigenvalue weighted by Gasteiger charge is 2.17. The summed E-state index contributed by atoms with van der Waals surface area (Å²) in [4.78, 5) is 18.3. The highest BCUT2D eigenvalue weighted by molar-refractivity contribution is 5.89. The maximum atomic E-state index is 12.2. The molecule has 0 aliphatic heterocycles. The Hall–Kier alpha value is -2.37. The Morgan fingerprint density at radius 3 is 2.90 bits per heavy atom. The van der Waals surface area contributed by atoms with Crippen molar-refractivity contribution in [2.24, 2.45) is 7.05 Å². The number of rotatable bonds is 4. The van der Waals surface area contributed by atoms with Crippen LogP contribution in [0.2, 0.25) is 0 Å². The smallest absolute Gasteiger partial charge is 0.321 e. The van der Waals surface area contributed by atoms with Gasteiger partial charge in [0.2, 0.25) is 0 Å². The van der Waals surface area contributed by atoms with Crippen LogP contribution in [0.4, 0.5) is 10.5 Å². The summed E-state index contributed by atoms with van der Waals surface area (Å²) >= 11 is 0. The van der Waals surface area contributed by atoms with E-state index in [4.69, 9.17) is 0 Å². The molecule has 1 atom stereocenters. The number of carbonyl (C=O) groups is 1. The van der Waals surface area contributed by atoms with Gasteiger partial charge in [-0.1, -0.05) is 6.07 Å². The third kappa shape index (κ3) is 3.81. The fourth-order valence-electron chi connectivity index (χ4n) is 2.05. The second-order valence-electron chi connectivity index (χ2n) is 5.26. The average Bonchev–Trinajstić information content (AvgIpc) is 2.85. The Morgan fingerprint density at radius 1 is 1.52 bits per heavy atom. The summed E-state index contributed by atoms with van der Waals surface area (Å²) in [6, 6.07) is 3.85. The number of anilines is 1. The molecule has 0 bridgehead atoms. The number of pyridine rings is 1. The van der Waals surface area contributed by atoms with Gasteiger partial charge in [0.05, 0.1) is 11.9 Å². The fraction of sp³-hybridized carbons (Fsp3) is 0.400. The van der Waals surface area contributed by atoms with E-state index in [0.29, 0.717) is 5.69 Å². The van der Waals surface area contributed by atoms with Gasteiger partial charge in [-0.15, -0.1) is 0 Å². The molecule has 0 unspecified atom stereocenters. The van der Waals surface area contributed by atoms with Crippen LogP contribution in [0.5, 0.6) is 0 Å². The van der Waals surface area contributed by atoms with E-state index in [0.717, 1.165) is 17.7 Å². The number of hydrogen-bond donors (Lipinski definition) is 1. The van der Waals surface area contributed by atoms with Crippen molar-refractivity contribution in [2.75, 3.05) is 12.4 Å². The van der Waals surface area contributed by atoms with E-state index in [1.54, 1.807) is 35.2 Å². The molecule has 2 heterocycles. The van der Waals surface area contributed by atoms with E-state index in [2.05, 4.69) is 15.4 Å². The molecule has 0 saturated heterocycles. The van der Waals surface area contributed by atoms with Crippen LogP contribution in [0, 0.1) is 6.92 Å². The number of likely N-dealkylation sites (N-methyl/N-ethyl adjacent to an activating group) is 1. The third-order valence-corrected chi connectivity index (χ3v) is 3.54. The van der Waals surface area contributed by atoms with Gasteiger partial charge in [0.15, 0.2) is 0 Å². The summed E-state index contributed by atoms with van der Waals surface area (Å²) in [7, 11) is 3.60. The van der Waals surface area contributed by atoms with E-state index in [1.165, 1.54) is 0 Å². The zero-order chi connectivity index (χ0) is 15.4. The van der Waals surface area contributed by atoms with Crippen LogP contribution < -0.4 is 5.32 Å². The lowest BCUT2D eigenvalue weighted by molar-refractivity contribution is 0.207. The number of nitrogens with zero attached hydrogens (tertiary/aromatic N) is 4. The Balaban J connectivity index is 1.97. The van der Waals surface area contributed by atoms with Gasteiger partial charge < -0.3 is 10.2 Å². The van der Waals surface area contributed by atoms with Crippen molar-refractivity contribution in [1.29, 1.82) is 0 Å². The molecule has 2 aromatic rings. The minimum atomic E-state index is -0.149. The summed E-state index contributed by atoms with van der Waals surface area (Å²) in [5.41, 5.74) is 2.85. The van der Waals surface area contributed by atoms with E-state index in [1.807, 2.05) is 33.0 Å². The van der Waals surface area contributed by atoms with Crippen LogP contribution in [-0.4, -0.2) is 38.8 Å². The number of carbonyl (C=O) groups excluding carboxylic acids is 1. The van der Waals surface area contributed by atoms with Crippen molar-refractivity contribution in [3.63, 3.8) is 0 Å². The van der Waals surface area contributed by atoms with Gasteiger partial charge in [0.25, 0.3) is 0 Å². The summed E-state index contributed by atoms with van der Waals surface area (Å²) < 4.78 is 1.65. The predicted octanol–water partition coefficient (Wildman–Crippen LogP) is 2.22. The number of amides is 2. The highest BCUT2D eigenvalue weighted by atomic mass is 16.2. The normalized spacial score (nSPS) is 12.0. The maximum absolute atomic E-state index is 12.2. The average molecular weight is 287 g/mol. The molecule has 2 rings (SSSR count).